The van der Waals surface area contributed by atoms with Crippen molar-refractivity contribution in [1.29, 1.82) is 5.26 Å². The van der Waals surface area contributed by atoms with Crippen LogP contribution in [0.15, 0.2) is 5.03 Å². The molecule has 0 saturated heterocycles. The molecule has 1 N–H and O–H groups in total. The number of amides is 1. The summed E-state index contributed by atoms with van der Waals surface area (Å²) in [6.07, 6.45) is 5.06. The highest BCUT2D eigenvalue weighted by Gasteiger charge is 2.13. The van der Waals surface area contributed by atoms with Crippen LogP contribution in [-0.4, -0.2) is 23.2 Å². The van der Waals surface area contributed by atoms with Gasteiger partial charge in [0.1, 0.15) is 11.1 Å². The molecule has 0 radical (unpaired) electrons. The van der Waals surface area contributed by atoms with Gasteiger partial charge in [-0.3, -0.25) is 4.79 Å². The number of hydrogen-bond donors (Lipinski definition) is 1. The van der Waals surface area contributed by atoms with Crippen LogP contribution in [0.1, 0.15) is 22.4 Å². The fourth-order valence-electron chi connectivity index (χ4n) is 1.48. The van der Waals surface area contributed by atoms with Gasteiger partial charge < -0.3 is 5.32 Å². The van der Waals surface area contributed by atoms with Gasteiger partial charge in [0.25, 0.3) is 0 Å². The van der Waals surface area contributed by atoms with Gasteiger partial charge >= 0.3 is 0 Å². The van der Waals surface area contributed by atoms with E-state index < -0.39 is 0 Å². The van der Waals surface area contributed by atoms with Crippen LogP contribution in [0.25, 0.3) is 0 Å². The Bertz CT molecular complexity index is 582. The Morgan fingerprint density at radius 3 is 2.68 bits per heavy atom. The molecule has 1 aromatic heterocycles. The summed E-state index contributed by atoms with van der Waals surface area (Å²) in [4.78, 5) is 15.9. The molecule has 0 aromatic carbocycles. The molecule has 98 valence electrons. The van der Waals surface area contributed by atoms with Crippen molar-refractivity contribution < 1.29 is 4.79 Å². The molecule has 0 unspecified atom stereocenters. The maximum atomic E-state index is 11.5. The summed E-state index contributed by atoms with van der Waals surface area (Å²) in [6.45, 7) is 5.94. The van der Waals surface area contributed by atoms with Gasteiger partial charge in [0.05, 0.1) is 17.9 Å². The molecular formula is C14H15N3OS. The minimum Gasteiger partial charge on any atom is -0.344 e. The lowest BCUT2D eigenvalue weighted by Crippen LogP contribution is -2.25. The number of terminal acetylenes is 1. The summed E-state index contributed by atoms with van der Waals surface area (Å²) in [6, 6.07) is 2.15. The zero-order valence-electron chi connectivity index (χ0n) is 11.2. The second-order valence-corrected chi connectivity index (χ2v) is 4.97. The average molecular weight is 273 g/mol. The SMILES string of the molecule is C#CCNC(=O)CSc1nc(C)c(C)c(C)c1C#N. The van der Waals surface area contributed by atoms with E-state index in [4.69, 9.17) is 6.42 Å². The number of carbonyl (C=O) groups excluding carboxylic acids is 1. The molecule has 1 heterocycles. The lowest BCUT2D eigenvalue weighted by atomic mass is 10.1. The molecule has 5 heteroatoms. The van der Waals surface area contributed by atoms with Crippen molar-refractivity contribution in [3.05, 3.63) is 22.4 Å². The first-order chi connectivity index (χ1) is 9.01. The molecule has 0 atom stereocenters. The number of rotatable bonds is 4. The number of pyridine rings is 1. The third-order valence-corrected chi connectivity index (χ3v) is 3.78. The highest BCUT2D eigenvalue weighted by Crippen LogP contribution is 2.26. The normalized spacial score (nSPS) is 9.53. The van der Waals surface area contributed by atoms with Crippen LogP contribution in [0.2, 0.25) is 0 Å². The van der Waals surface area contributed by atoms with Gasteiger partial charge in [0.15, 0.2) is 0 Å². The highest BCUT2D eigenvalue weighted by molar-refractivity contribution is 8.00. The molecule has 0 bridgehead atoms. The van der Waals surface area contributed by atoms with Crippen molar-refractivity contribution in [2.75, 3.05) is 12.3 Å². The first-order valence-electron chi connectivity index (χ1n) is 5.72. The van der Waals surface area contributed by atoms with Crippen molar-refractivity contribution in [1.82, 2.24) is 10.3 Å². The Morgan fingerprint density at radius 2 is 2.11 bits per heavy atom. The molecule has 0 saturated carbocycles. The van der Waals surface area contributed by atoms with Crippen LogP contribution in [-0.2, 0) is 4.79 Å². The minimum atomic E-state index is -0.162. The molecule has 0 aliphatic heterocycles. The van der Waals surface area contributed by atoms with E-state index in [1.54, 1.807) is 0 Å². The van der Waals surface area contributed by atoms with Crippen molar-refractivity contribution in [3.8, 4) is 18.4 Å². The monoisotopic (exact) mass is 273 g/mol. The van der Waals surface area contributed by atoms with E-state index in [9.17, 15) is 10.1 Å². The molecule has 0 spiro atoms. The Morgan fingerprint density at radius 1 is 1.42 bits per heavy atom. The van der Waals surface area contributed by atoms with Gasteiger partial charge in [-0.2, -0.15) is 5.26 Å². The smallest absolute Gasteiger partial charge is 0.231 e. The lowest BCUT2D eigenvalue weighted by Gasteiger charge is -2.10. The number of aryl methyl sites for hydroxylation is 1. The third kappa shape index (κ3) is 3.74. The number of thioether (sulfide) groups is 1. The van der Waals surface area contributed by atoms with Gasteiger partial charge in [-0.15, -0.1) is 6.42 Å². The van der Waals surface area contributed by atoms with Crippen LogP contribution in [0.5, 0.6) is 0 Å². The Kier molecular flexibility index (Phi) is 5.41. The Labute approximate surface area is 117 Å². The summed E-state index contributed by atoms with van der Waals surface area (Å²) in [5.41, 5.74) is 3.35. The summed E-state index contributed by atoms with van der Waals surface area (Å²) in [5.74, 6) is 2.37. The largest absolute Gasteiger partial charge is 0.344 e. The predicted molar refractivity (Wildman–Crippen MR) is 75.7 cm³/mol. The molecule has 4 nitrogen and oxygen atoms in total. The lowest BCUT2D eigenvalue weighted by molar-refractivity contribution is -0.118. The average Bonchev–Trinajstić information content (AvgIpc) is 2.40. The molecule has 19 heavy (non-hydrogen) atoms. The molecule has 1 rings (SSSR count). The molecule has 1 aromatic rings. The van der Waals surface area contributed by atoms with E-state index in [2.05, 4.69) is 22.3 Å². The van der Waals surface area contributed by atoms with E-state index in [0.29, 0.717) is 10.6 Å². The quantitative estimate of drug-likeness (QED) is 0.670. The molecule has 1 amide bonds. The fourth-order valence-corrected chi connectivity index (χ4v) is 2.40. The maximum absolute atomic E-state index is 11.5. The van der Waals surface area contributed by atoms with E-state index in [1.165, 1.54) is 11.8 Å². The molecule has 0 fully saturated rings. The topological polar surface area (TPSA) is 65.8 Å². The summed E-state index contributed by atoms with van der Waals surface area (Å²) < 4.78 is 0. The van der Waals surface area contributed by atoms with Crippen LogP contribution >= 0.6 is 11.8 Å². The predicted octanol–water partition coefficient (Wildman–Crippen LogP) is 1.72. The maximum Gasteiger partial charge on any atom is 0.231 e. The van der Waals surface area contributed by atoms with Crippen molar-refractivity contribution in [3.63, 3.8) is 0 Å². The number of aromatic nitrogens is 1. The number of carbonyl (C=O) groups is 1. The van der Waals surface area contributed by atoms with Crippen LogP contribution < -0.4 is 5.32 Å². The van der Waals surface area contributed by atoms with E-state index in [-0.39, 0.29) is 18.2 Å². The van der Waals surface area contributed by atoms with Gasteiger partial charge in [0.2, 0.25) is 5.91 Å². The number of hydrogen-bond acceptors (Lipinski definition) is 4. The third-order valence-electron chi connectivity index (χ3n) is 2.80. The van der Waals surface area contributed by atoms with Crippen LogP contribution in [0.3, 0.4) is 0 Å². The molecule has 0 aliphatic rings. The van der Waals surface area contributed by atoms with Crippen LogP contribution in [0, 0.1) is 44.4 Å². The Balaban J connectivity index is 2.88. The number of nitrogens with zero attached hydrogens (tertiary/aromatic N) is 2. The second kappa shape index (κ2) is 6.82. The standard InChI is InChI=1S/C14H15N3OS/c1-5-6-16-13(18)8-19-14-12(7-15)10(3)9(2)11(4)17-14/h1H,6,8H2,2-4H3,(H,16,18). The summed E-state index contributed by atoms with van der Waals surface area (Å²) >= 11 is 1.25. The van der Waals surface area contributed by atoms with Gasteiger partial charge in [0, 0.05) is 5.69 Å². The van der Waals surface area contributed by atoms with Crippen molar-refractivity contribution in [2.24, 2.45) is 0 Å². The van der Waals surface area contributed by atoms with Gasteiger partial charge in [-0.25, -0.2) is 4.98 Å². The molecular weight excluding hydrogens is 258 g/mol. The zero-order valence-corrected chi connectivity index (χ0v) is 12.0. The van der Waals surface area contributed by atoms with E-state index in [0.717, 1.165) is 16.8 Å². The summed E-state index contributed by atoms with van der Waals surface area (Å²) in [5, 5.41) is 12.4. The first-order valence-corrected chi connectivity index (χ1v) is 6.70. The zero-order chi connectivity index (χ0) is 14.4. The van der Waals surface area contributed by atoms with Crippen molar-refractivity contribution >= 4 is 17.7 Å². The first kappa shape index (κ1) is 15.1. The van der Waals surface area contributed by atoms with Crippen LogP contribution in [0.4, 0.5) is 0 Å². The van der Waals surface area contributed by atoms with Crippen molar-refractivity contribution in [2.45, 2.75) is 25.8 Å². The highest BCUT2D eigenvalue weighted by atomic mass is 32.2. The number of nitrogens with one attached hydrogen (secondary N) is 1. The minimum absolute atomic E-state index is 0.162. The van der Waals surface area contributed by atoms with E-state index >= 15 is 0 Å². The van der Waals surface area contributed by atoms with E-state index in [1.807, 2.05) is 20.8 Å². The summed E-state index contributed by atoms with van der Waals surface area (Å²) in [7, 11) is 0. The second-order valence-electron chi connectivity index (χ2n) is 4.01. The molecule has 0 aliphatic carbocycles. The van der Waals surface area contributed by atoms with Gasteiger partial charge in [-0.05, 0) is 31.9 Å². The van der Waals surface area contributed by atoms with Gasteiger partial charge in [-0.1, -0.05) is 17.7 Å². The Hall–Kier alpha value is -1.98. The number of nitriles is 1. The fraction of sp³-hybridized carbons (Fsp3) is 0.357.